The summed E-state index contributed by atoms with van der Waals surface area (Å²) in [6.45, 7) is 0. The van der Waals surface area contributed by atoms with Crippen LogP contribution in [0.3, 0.4) is 0 Å². The Morgan fingerprint density at radius 3 is 2.22 bits per heavy atom. The van der Waals surface area contributed by atoms with E-state index in [-0.39, 0.29) is 6.04 Å². The van der Waals surface area contributed by atoms with Gasteiger partial charge in [0, 0.05) is 0 Å². The van der Waals surface area contributed by atoms with Gasteiger partial charge in [-0.2, -0.15) is 0 Å². The van der Waals surface area contributed by atoms with Gasteiger partial charge in [0.05, 0.1) is 0 Å². The molecule has 0 aliphatic rings. The molecule has 0 fully saturated rings. The molecule has 0 bridgehead atoms. The fourth-order valence-electron chi connectivity index (χ4n) is 1.63. The van der Waals surface area contributed by atoms with Gasteiger partial charge in [0.15, 0.2) is 0 Å². The first-order valence-corrected chi connectivity index (χ1v) is 7.74. The normalized spacial score (nSPS) is 11.6. The van der Waals surface area contributed by atoms with E-state index in [9.17, 15) is 0 Å². The van der Waals surface area contributed by atoms with Crippen LogP contribution in [0.25, 0.3) is 10.4 Å². The van der Waals surface area contributed by atoms with Crippen LogP contribution in [0.2, 0.25) is 5.32 Å². The molecule has 0 saturated heterocycles. The van der Waals surface area contributed by atoms with Crippen molar-refractivity contribution in [1.29, 1.82) is 0 Å². The Labute approximate surface area is 113 Å². The Morgan fingerprint density at radius 2 is 1.61 bits per heavy atom. The molecule has 0 aliphatic heterocycles. The van der Waals surface area contributed by atoms with Crippen molar-refractivity contribution in [3.63, 3.8) is 0 Å². The first kappa shape index (κ1) is 12.7. The number of hydrogen-bond acceptors (Lipinski definition) is 1. The average molecular weight is 302 g/mol. The number of rotatable bonds is 5. The molecule has 2 aromatic carbocycles. The molecular weight excluding hydrogens is 289 g/mol. The summed E-state index contributed by atoms with van der Waals surface area (Å²) in [7, 11) is 0. The molecule has 2 rings (SSSR count). The van der Waals surface area contributed by atoms with Crippen molar-refractivity contribution in [2.45, 2.75) is 11.4 Å². The second-order valence-corrected chi connectivity index (χ2v) is 6.05. The molecule has 0 N–H and O–H groups in total. The monoisotopic (exact) mass is 303 g/mol. The van der Waals surface area contributed by atoms with Gasteiger partial charge >= 0.3 is 113 Å². The Hall–Kier alpha value is -1.73. The van der Waals surface area contributed by atoms with Crippen LogP contribution in [0.4, 0.5) is 0 Å². The summed E-state index contributed by atoms with van der Waals surface area (Å²) >= 11 is 0.329. The third-order valence-corrected chi connectivity index (χ3v) is 4.81. The van der Waals surface area contributed by atoms with Crippen LogP contribution < -0.4 is 4.46 Å². The van der Waals surface area contributed by atoms with Gasteiger partial charge in [0.25, 0.3) is 0 Å². The van der Waals surface area contributed by atoms with E-state index in [0.29, 0.717) is 15.0 Å². The summed E-state index contributed by atoms with van der Waals surface area (Å²) in [5.41, 5.74) is 9.75. The summed E-state index contributed by atoms with van der Waals surface area (Å²) in [5.74, 6) is 0. The number of benzene rings is 2. The molecule has 1 atom stereocenters. The van der Waals surface area contributed by atoms with Gasteiger partial charge in [-0.3, -0.25) is 0 Å². The zero-order valence-electron chi connectivity index (χ0n) is 9.81. The van der Waals surface area contributed by atoms with E-state index in [2.05, 4.69) is 22.2 Å². The molecule has 0 amide bonds. The third kappa shape index (κ3) is 3.64. The molecule has 2 aromatic rings. The molecule has 0 aromatic heterocycles. The van der Waals surface area contributed by atoms with Crippen molar-refractivity contribution >= 4 is 19.4 Å². The Kier molecular flexibility index (Phi) is 4.86. The number of azide groups is 1. The van der Waals surface area contributed by atoms with Gasteiger partial charge in [-0.25, -0.2) is 0 Å². The van der Waals surface area contributed by atoms with E-state index in [1.165, 1.54) is 4.46 Å². The molecule has 3 nitrogen and oxygen atoms in total. The summed E-state index contributed by atoms with van der Waals surface area (Å²) in [4.78, 5) is 2.96. The minimum absolute atomic E-state index is 0.0589. The zero-order chi connectivity index (χ0) is 12.6. The molecule has 0 unspecified atom stereocenters. The predicted octanol–water partition coefficient (Wildman–Crippen LogP) is 3.49. The first-order chi connectivity index (χ1) is 8.90. The molecule has 4 heteroatoms. The van der Waals surface area contributed by atoms with Crippen molar-refractivity contribution in [2.24, 2.45) is 5.11 Å². The maximum absolute atomic E-state index is 8.66. The Balaban J connectivity index is 2.06. The van der Waals surface area contributed by atoms with Crippen LogP contribution in [0.15, 0.2) is 65.8 Å². The second-order valence-electron chi connectivity index (χ2n) is 3.76. The van der Waals surface area contributed by atoms with Crippen molar-refractivity contribution in [3.8, 4) is 0 Å². The van der Waals surface area contributed by atoms with E-state index in [4.69, 9.17) is 5.53 Å². The molecule has 18 heavy (non-hydrogen) atoms. The van der Waals surface area contributed by atoms with Crippen molar-refractivity contribution in [2.75, 3.05) is 0 Å². The average Bonchev–Trinajstić information content (AvgIpc) is 2.45. The summed E-state index contributed by atoms with van der Waals surface area (Å²) in [6.07, 6.45) is 0. The third-order valence-electron chi connectivity index (χ3n) is 2.53. The second kappa shape index (κ2) is 6.87. The van der Waals surface area contributed by atoms with Crippen LogP contribution in [-0.4, -0.2) is 15.0 Å². The van der Waals surface area contributed by atoms with Crippen LogP contribution in [0.5, 0.6) is 0 Å². The number of hydrogen-bond donors (Lipinski definition) is 0. The summed E-state index contributed by atoms with van der Waals surface area (Å²) in [5, 5.41) is 4.80. The molecule has 0 spiro atoms. The van der Waals surface area contributed by atoms with Gasteiger partial charge in [-0.1, -0.05) is 0 Å². The van der Waals surface area contributed by atoms with E-state index in [0.717, 1.165) is 10.9 Å². The van der Waals surface area contributed by atoms with Crippen molar-refractivity contribution < 1.29 is 0 Å². The van der Waals surface area contributed by atoms with Gasteiger partial charge in [0.1, 0.15) is 0 Å². The van der Waals surface area contributed by atoms with E-state index in [1.54, 1.807) is 0 Å². The Morgan fingerprint density at radius 1 is 1.00 bits per heavy atom. The maximum atomic E-state index is 8.66. The molecule has 0 saturated carbocycles. The van der Waals surface area contributed by atoms with Crippen LogP contribution in [-0.2, 0) is 0 Å². The summed E-state index contributed by atoms with van der Waals surface area (Å²) < 4.78 is 1.33. The molecular formula is C14H13N3Se. The molecule has 0 heterocycles. The van der Waals surface area contributed by atoms with Crippen molar-refractivity contribution in [3.05, 3.63) is 76.7 Å². The van der Waals surface area contributed by atoms with Gasteiger partial charge in [-0.05, 0) is 0 Å². The van der Waals surface area contributed by atoms with E-state index >= 15 is 0 Å². The van der Waals surface area contributed by atoms with E-state index < -0.39 is 0 Å². The first-order valence-electron chi connectivity index (χ1n) is 5.67. The van der Waals surface area contributed by atoms with Gasteiger partial charge < -0.3 is 0 Å². The Bertz CT molecular complexity index is 521. The fraction of sp³-hybridized carbons (Fsp3) is 0.143. The standard InChI is InChI=1S/C14H13N3Se/c15-17-16-14(12-7-3-1-4-8-12)11-18-13-9-5-2-6-10-13/h1-10,14H,11H2/t14-/m0/s1. The van der Waals surface area contributed by atoms with Crippen LogP contribution in [0.1, 0.15) is 11.6 Å². The van der Waals surface area contributed by atoms with Gasteiger partial charge in [-0.15, -0.1) is 0 Å². The van der Waals surface area contributed by atoms with Crippen molar-refractivity contribution in [1.82, 2.24) is 0 Å². The van der Waals surface area contributed by atoms with Crippen LogP contribution in [0, 0.1) is 0 Å². The van der Waals surface area contributed by atoms with E-state index in [1.807, 2.05) is 48.5 Å². The van der Waals surface area contributed by atoms with Gasteiger partial charge in [0.2, 0.25) is 0 Å². The molecule has 0 aliphatic carbocycles. The fourth-order valence-corrected chi connectivity index (χ4v) is 3.64. The quantitative estimate of drug-likeness (QED) is 0.351. The molecule has 0 radical (unpaired) electrons. The van der Waals surface area contributed by atoms with Crippen LogP contribution >= 0.6 is 0 Å². The SMILES string of the molecule is [N-]=[N+]=N[C@@H](C[Se]c1ccccc1)c1ccccc1. The zero-order valence-corrected chi connectivity index (χ0v) is 11.5. The minimum atomic E-state index is -0.0589. The molecule has 90 valence electrons. The topological polar surface area (TPSA) is 48.8 Å². The number of nitrogens with zero attached hydrogens (tertiary/aromatic N) is 3. The predicted molar refractivity (Wildman–Crippen MR) is 75.0 cm³/mol. The summed E-state index contributed by atoms with van der Waals surface area (Å²) in [6, 6.07) is 20.2.